The van der Waals surface area contributed by atoms with Crippen LogP contribution >= 0.6 is 0 Å². The van der Waals surface area contributed by atoms with Gasteiger partial charge in [-0.15, -0.1) is 0 Å². The van der Waals surface area contributed by atoms with Gasteiger partial charge in [-0.25, -0.2) is 0 Å². The van der Waals surface area contributed by atoms with E-state index < -0.39 is 0 Å². The van der Waals surface area contributed by atoms with E-state index in [0.717, 1.165) is 19.4 Å². The van der Waals surface area contributed by atoms with Crippen LogP contribution in [0.15, 0.2) is 0 Å². The summed E-state index contributed by atoms with van der Waals surface area (Å²) in [6, 6.07) is 0. The third-order valence-corrected chi connectivity index (χ3v) is 4.33. The highest BCUT2D eigenvalue weighted by molar-refractivity contribution is 5.79. The molecule has 15 heavy (non-hydrogen) atoms. The highest BCUT2D eigenvalue weighted by Gasteiger charge is 2.48. The summed E-state index contributed by atoms with van der Waals surface area (Å²) < 4.78 is 11.6. The van der Waals surface area contributed by atoms with E-state index in [4.69, 9.17) is 9.47 Å². The molecule has 0 spiro atoms. The Morgan fingerprint density at radius 3 is 2.60 bits per heavy atom. The number of hydrogen-bond donors (Lipinski definition) is 0. The van der Waals surface area contributed by atoms with Crippen LogP contribution in [-0.4, -0.2) is 31.2 Å². The molecule has 0 aromatic rings. The number of rotatable bonds is 1. The van der Waals surface area contributed by atoms with Crippen molar-refractivity contribution in [3.8, 4) is 0 Å². The summed E-state index contributed by atoms with van der Waals surface area (Å²) in [5.41, 5.74) is 0.171. The molecule has 4 aliphatic rings. The van der Waals surface area contributed by atoms with Crippen molar-refractivity contribution in [2.45, 2.75) is 50.7 Å². The zero-order valence-electron chi connectivity index (χ0n) is 9.04. The van der Waals surface area contributed by atoms with E-state index in [1.165, 1.54) is 12.8 Å². The van der Waals surface area contributed by atoms with Crippen molar-refractivity contribution in [3.05, 3.63) is 0 Å². The van der Waals surface area contributed by atoms with Gasteiger partial charge in [0.25, 0.3) is 0 Å². The number of ether oxygens (including phenoxy) is 2. The monoisotopic (exact) mass is 210 g/mol. The molecule has 2 bridgehead atoms. The Kier molecular flexibility index (Phi) is 2.33. The molecule has 4 fully saturated rings. The third kappa shape index (κ3) is 1.62. The van der Waals surface area contributed by atoms with Gasteiger partial charge in [-0.3, -0.25) is 4.79 Å². The predicted octanol–water partition coefficient (Wildman–Crippen LogP) is 1.69. The smallest absolute Gasteiger partial charge is 0.137 e. The molecule has 4 rings (SSSR count). The first-order chi connectivity index (χ1) is 7.28. The maximum Gasteiger partial charge on any atom is 0.137 e. The van der Waals surface area contributed by atoms with Gasteiger partial charge >= 0.3 is 0 Å². The van der Waals surface area contributed by atoms with Crippen LogP contribution in [0.4, 0.5) is 0 Å². The molecule has 3 saturated heterocycles. The van der Waals surface area contributed by atoms with E-state index in [1.54, 1.807) is 0 Å². The molecule has 84 valence electrons. The van der Waals surface area contributed by atoms with Crippen LogP contribution in [0.5, 0.6) is 0 Å². The molecule has 3 aliphatic heterocycles. The Labute approximate surface area is 90.1 Å². The third-order valence-electron chi connectivity index (χ3n) is 4.33. The van der Waals surface area contributed by atoms with Crippen LogP contribution in [0.1, 0.15) is 38.5 Å². The highest BCUT2D eigenvalue weighted by atomic mass is 16.5. The first kappa shape index (κ1) is 9.79. The molecule has 0 aromatic carbocycles. The lowest BCUT2D eigenvalue weighted by Gasteiger charge is -2.50. The first-order valence-electron chi connectivity index (χ1n) is 6.03. The highest BCUT2D eigenvalue weighted by Crippen LogP contribution is 2.48. The van der Waals surface area contributed by atoms with Crippen LogP contribution < -0.4 is 0 Å². The van der Waals surface area contributed by atoms with Gasteiger partial charge in [0.1, 0.15) is 5.78 Å². The molecule has 1 unspecified atom stereocenters. The zero-order chi connectivity index (χ0) is 10.3. The maximum atomic E-state index is 11.5. The van der Waals surface area contributed by atoms with Crippen LogP contribution in [0.2, 0.25) is 0 Å². The Morgan fingerprint density at radius 2 is 2.00 bits per heavy atom. The summed E-state index contributed by atoms with van der Waals surface area (Å²) >= 11 is 0. The summed E-state index contributed by atoms with van der Waals surface area (Å²) in [6.07, 6.45) is 6.56. The van der Waals surface area contributed by atoms with Gasteiger partial charge in [-0.1, -0.05) is 0 Å². The second-order valence-corrected chi connectivity index (χ2v) is 5.22. The van der Waals surface area contributed by atoms with Gasteiger partial charge < -0.3 is 9.47 Å². The van der Waals surface area contributed by atoms with Gasteiger partial charge in [-0.2, -0.15) is 0 Å². The molecule has 1 saturated carbocycles. The average Bonchev–Trinajstić information content (AvgIpc) is 2.31. The molecule has 0 amide bonds. The fourth-order valence-corrected chi connectivity index (χ4v) is 3.25. The largest absolute Gasteiger partial charge is 0.378 e. The molecule has 3 heteroatoms. The van der Waals surface area contributed by atoms with Crippen LogP contribution in [0.25, 0.3) is 0 Å². The normalized spacial score (nSPS) is 45.7. The lowest BCUT2D eigenvalue weighted by Crippen LogP contribution is -2.52. The Balaban J connectivity index is 1.76. The number of carbonyl (C=O) groups is 1. The molecule has 3 nitrogen and oxygen atoms in total. The van der Waals surface area contributed by atoms with Crippen LogP contribution in [-0.2, 0) is 14.3 Å². The average molecular weight is 210 g/mol. The number of fused-ring (bicyclic) bond motifs is 3. The van der Waals surface area contributed by atoms with Gasteiger partial charge in [0.2, 0.25) is 0 Å². The quantitative estimate of drug-likeness (QED) is 0.660. The molecule has 1 aliphatic carbocycles. The predicted molar refractivity (Wildman–Crippen MR) is 54.6 cm³/mol. The first-order valence-corrected chi connectivity index (χ1v) is 6.03. The summed E-state index contributed by atoms with van der Waals surface area (Å²) in [5, 5.41) is 0. The van der Waals surface area contributed by atoms with E-state index in [2.05, 4.69) is 0 Å². The Morgan fingerprint density at radius 1 is 1.20 bits per heavy atom. The van der Waals surface area contributed by atoms with E-state index >= 15 is 0 Å². The summed E-state index contributed by atoms with van der Waals surface area (Å²) in [6.45, 7) is 1.43. The van der Waals surface area contributed by atoms with E-state index in [0.29, 0.717) is 31.3 Å². The molecular weight excluding hydrogens is 192 g/mol. The van der Waals surface area contributed by atoms with Crippen LogP contribution in [0.3, 0.4) is 0 Å². The lowest BCUT2D eigenvalue weighted by molar-refractivity contribution is -0.184. The minimum atomic E-state index is 0.139. The number of hydrogen-bond acceptors (Lipinski definition) is 3. The second kappa shape index (κ2) is 3.56. The Hall–Kier alpha value is -0.410. The standard InChI is InChI=1S/C12H18O3/c13-9-3-6-14-11(7-9)12-4-1-10(2-5-12)15-8-12/h10-11H,1-8H2. The molecule has 1 atom stereocenters. The van der Waals surface area contributed by atoms with Gasteiger partial charge in [0.05, 0.1) is 25.4 Å². The minimum Gasteiger partial charge on any atom is -0.378 e. The number of carbonyl (C=O) groups excluding carboxylic acids is 1. The Bertz CT molecular complexity index is 252. The minimum absolute atomic E-state index is 0.139. The maximum absolute atomic E-state index is 11.5. The topological polar surface area (TPSA) is 35.5 Å². The van der Waals surface area contributed by atoms with Crippen molar-refractivity contribution in [1.82, 2.24) is 0 Å². The van der Waals surface area contributed by atoms with Crippen molar-refractivity contribution in [1.29, 1.82) is 0 Å². The summed E-state index contributed by atoms with van der Waals surface area (Å²) in [7, 11) is 0. The van der Waals surface area contributed by atoms with Crippen molar-refractivity contribution in [2.75, 3.05) is 13.2 Å². The van der Waals surface area contributed by atoms with E-state index in [1.807, 2.05) is 0 Å². The lowest BCUT2D eigenvalue weighted by atomic mass is 9.66. The molecular formula is C12H18O3. The molecule has 0 radical (unpaired) electrons. The fraction of sp³-hybridized carbons (Fsp3) is 0.917. The molecule has 0 aromatic heterocycles. The van der Waals surface area contributed by atoms with Crippen molar-refractivity contribution in [2.24, 2.45) is 5.41 Å². The number of ketones is 1. The summed E-state index contributed by atoms with van der Waals surface area (Å²) in [4.78, 5) is 11.5. The van der Waals surface area contributed by atoms with Crippen molar-refractivity contribution >= 4 is 5.78 Å². The van der Waals surface area contributed by atoms with E-state index in [-0.39, 0.29) is 11.5 Å². The van der Waals surface area contributed by atoms with Gasteiger partial charge in [0.15, 0.2) is 0 Å². The molecule has 0 N–H and O–H groups in total. The number of Topliss-reactive ketones (excluding diaryl/α,β-unsaturated/α-hetero) is 1. The van der Waals surface area contributed by atoms with Gasteiger partial charge in [-0.05, 0) is 25.7 Å². The molecule has 3 heterocycles. The summed E-state index contributed by atoms with van der Waals surface area (Å²) in [5.74, 6) is 0.369. The SMILES string of the molecule is O=C1CCOC(C23CCC(CC2)OC3)C1. The zero-order valence-corrected chi connectivity index (χ0v) is 9.04. The van der Waals surface area contributed by atoms with Crippen molar-refractivity contribution < 1.29 is 14.3 Å². The van der Waals surface area contributed by atoms with E-state index in [9.17, 15) is 4.79 Å². The fourth-order valence-electron chi connectivity index (χ4n) is 3.25. The van der Waals surface area contributed by atoms with Gasteiger partial charge in [0, 0.05) is 18.3 Å². The van der Waals surface area contributed by atoms with Crippen LogP contribution in [0, 0.1) is 5.41 Å². The van der Waals surface area contributed by atoms with Crippen molar-refractivity contribution in [3.63, 3.8) is 0 Å². The second-order valence-electron chi connectivity index (χ2n) is 5.22.